The van der Waals surface area contributed by atoms with Crippen LogP contribution in [-0.4, -0.2) is 48.7 Å². The summed E-state index contributed by atoms with van der Waals surface area (Å²) in [6, 6.07) is 11.8. The predicted octanol–water partition coefficient (Wildman–Crippen LogP) is 4.41. The molecule has 0 bridgehead atoms. The van der Waals surface area contributed by atoms with E-state index in [2.05, 4.69) is 0 Å². The van der Waals surface area contributed by atoms with Gasteiger partial charge >= 0.3 is 0 Å². The third-order valence-electron chi connectivity index (χ3n) is 4.44. The van der Waals surface area contributed by atoms with Crippen molar-refractivity contribution in [3.63, 3.8) is 0 Å². The molecule has 0 saturated carbocycles. The zero-order valence-corrected chi connectivity index (χ0v) is 18.5. The highest BCUT2D eigenvalue weighted by molar-refractivity contribution is 8.18. The molecule has 7 nitrogen and oxygen atoms in total. The van der Waals surface area contributed by atoms with Gasteiger partial charge in [-0.25, -0.2) is 0 Å². The SMILES string of the molecule is COc1ccc(C(=O)CN2C(=O)S/C(=C/c3ccc(OC(C)C)c(OC)c3)C2=O)cc1. The molecular formula is C23H23NO6S. The monoisotopic (exact) mass is 441 g/mol. The highest BCUT2D eigenvalue weighted by atomic mass is 32.2. The number of ketones is 1. The minimum absolute atomic E-state index is 0.0144. The highest BCUT2D eigenvalue weighted by Crippen LogP contribution is 2.35. The van der Waals surface area contributed by atoms with E-state index in [0.29, 0.717) is 28.4 Å². The molecule has 0 aromatic heterocycles. The quantitative estimate of drug-likeness (QED) is 0.443. The minimum Gasteiger partial charge on any atom is -0.497 e. The van der Waals surface area contributed by atoms with Gasteiger partial charge in [-0.05, 0) is 73.6 Å². The normalized spacial score (nSPS) is 15.0. The molecule has 1 saturated heterocycles. The Hall–Kier alpha value is -3.26. The third-order valence-corrected chi connectivity index (χ3v) is 5.34. The van der Waals surface area contributed by atoms with E-state index in [4.69, 9.17) is 14.2 Å². The third kappa shape index (κ3) is 5.27. The van der Waals surface area contributed by atoms with Crippen LogP contribution in [0.2, 0.25) is 0 Å². The summed E-state index contributed by atoms with van der Waals surface area (Å²) in [6.45, 7) is 3.51. The Morgan fingerprint density at radius 3 is 2.35 bits per heavy atom. The summed E-state index contributed by atoms with van der Waals surface area (Å²) in [5, 5.41) is -0.482. The van der Waals surface area contributed by atoms with Gasteiger partial charge < -0.3 is 14.2 Å². The van der Waals surface area contributed by atoms with Crippen molar-refractivity contribution in [2.45, 2.75) is 20.0 Å². The van der Waals surface area contributed by atoms with E-state index >= 15 is 0 Å². The standard InChI is InChI=1S/C23H23NO6S/c1-14(2)30-19-10-5-15(11-20(19)29-4)12-21-22(26)24(23(27)31-21)13-18(25)16-6-8-17(28-3)9-7-16/h5-12,14H,13H2,1-4H3/b21-12+. The summed E-state index contributed by atoms with van der Waals surface area (Å²) in [6.07, 6.45) is 1.59. The molecule has 1 aliphatic rings. The number of Topliss-reactive ketones (excluding diaryl/α,β-unsaturated/α-hetero) is 1. The number of imide groups is 1. The fourth-order valence-electron chi connectivity index (χ4n) is 2.92. The number of rotatable bonds is 8. The van der Waals surface area contributed by atoms with Gasteiger partial charge in [0.05, 0.1) is 31.8 Å². The van der Waals surface area contributed by atoms with Crippen LogP contribution in [0.15, 0.2) is 47.4 Å². The van der Waals surface area contributed by atoms with Gasteiger partial charge in [-0.15, -0.1) is 0 Å². The molecule has 0 atom stereocenters. The first-order valence-electron chi connectivity index (χ1n) is 9.59. The second kappa shape index (κ2) is 9.70. The number of hydrogen-bond donors (Lipinski definition) is 0. The van der Waals surface area contributed by atoms with Crippen molar-refractivity contribution in [1.82, 2.24) is 4.90 Å². The van der Waals surface area contributed by atoms with E-state index in [9.17, 15) is 14.4 Å². The van der Waals surface area contributed by atoms with Gasteiger partial charge in [0.2, 0.25) is 0 Å². The van der Waals surface area contributed by atoms with E-state index in [1.54, 1.807) is 48.5 Å². The summed E-state index contributed by atoms with van der Waals surface area (Å²) in [5.41, 5.74) is 1.08. The first kappa shape index (κ1) is 22.4. The Balaban J connectivity index is 1.76. The molecule has 0 N–H and O–H groups in total. The predicted molar refractivity (Wildman–Crippen MR) is 119 cm³/mol. The topological polar surface area (TPSA) is 82.1 Å². The Morgan fingerprint density at radius 2 is 1.74 bits per heavy atom. The van der Waals surface area contributed by atoms with Crippen molar-refractivity contribution in [1.29, 1.82) is 0 Å². The van der Waals surface area contributed by atoms with Crippen molar-refractivity contribution < 1.29 is 28.6 Å². The van der Waals surface area contributed by atoms with E-state index in [0.717, 1.165) is 16.7 Å². The molecule has 1 heterocycles. The molecule has 2 aromatic carbocycles. The number of carbonyl (C=O) groups excluding carboxylic acids is 3. The lowest BCUT2D eigenvalue weighted by Gasteiger charge is -2.14. The molecule has 0 radical (unpaired) electrons. The van der Waals surface area contributed by atoms with Crippen LogP contribution in [0.5, 0.6) is 17.2 Å². The van der Waals surface area contributed by atoms with Gasteiger partial charge in [-0.1, -0.05) is 6.07 Å². The Morgan fingerprint density at radius 1 is 1.03 bits per heavy atom. The molecule has 1 fully saturated rings. The minimum atomic E-state index is -0.502. The van der Waals surface area contributed by atoms with Crippen LogP contribution in [-0.2, 0) is 4.79 Å². The van der Waals surface area contributed by atoms with Gasteiger partial charge in [0.25, 0.3) is 11.1 Å². The Kier molecular flexibility index (Phi) is 7.02. The number of benzene rings is 2. The highest BCUT2D eigenvalue weighted by Gasteiger charge is 2.36. The Labute approximate surface area is 185 Å². The number of ether oxygens (including phenoxy) is 3. The lowest BCUT2D eigenvalue weighted by molar-refractivity contribution is -0.122. The molecule has 162 valence electrons. The van der Waals surface area contributed by atoms with Crippen LogP contribution in [0.25, 0.3) is 6.08 Å². The maximum absolute atomic E-state index is 12.7. The van der Waals surface area contributed by atoms with Gasteiger partial charge in [-0.3, -0.25) is 19.3 Å². The molecule has 1 aliphatic heterocycles. The summed E-state index contributed by atoms with van der Waals surface area (Å²) < 4.78 is 16.1. The van der Waals surface area contributed by atoms with Gasteiger partial charge in [0.15, 0.2) is 17.3 Å². The van der Waals surface area contributed by atoms with Crippen LogP contribution in [0, 0.1) is 0 Å². The number of nitrogens with zero attached hydrogens (tertiary/aromatic N) is 1. The van der Waals surface area contributed by atoms with Gasteiger partial charge in [0.1, 0.15) is 5.75 Å². The van der Waals surface area contributed by atoms with Crippen LogP contribution < -0.4 is 14.2 Å². The number of methoxy groups -OCH3 is 2. The van der Waals surface area contributed by atoms with E-state index in [1.165, 1.54) is 14.2 Å². The number of thioether (sulfide) groups is 1. The smallest absolute Gasteiger partial charge is 0.293 e. The zero-order valence-electron chi connectivity index (χ0n) is 17.7. The van der Waals surface area contributed by atoms with E-state index in [1.807, 2.05) is 13.8 Å². The molecule has 31 heavy (non-hydrogen) atoms. The summed E-state index contributed by atoms with van der Waals surface area (Å²) in [4.78, 5) is 38.8. The lowest BCUT2D eigenvalue weighted by atomic mass is 10.1. The maximum atomic E-state index is 12.7. The van der Waals surface area contributed by atoms with Crippen molar-refractivity contribution in [3.05, 3.63) is 58.5 Å². The molecule has 2 amide bonds. The number of carbonyl (C=O) groups is 3. The van der Waals surface area contributed by atoms with E-state index in [-0.39, 0.29) is 23.3 Å². The fourth-order valence-corrected chi connectivity index (χ4v) is 3.76. The summed E-state index contributed by atoms with van der Waals surface area (Å²) >= 11 is 0.802. The average Bonchev–Trinajstić information content (AvgIpc) is 3.01. The van der Waals surface area contributed by atoms with Crippen LogP contribution >= 0.6 is 11.8 Å². The molecule has 8 heteroatoms. The molecular weight excluding hydrogens is 418 g/mol. The van der Waals surface area contributed by atoms with Crippen LogP contribution in [0.3, 0.4) is 0 Å². The molecule has 2 aromatic rings. The first-order valence-corrected chi connectivity index (χ1v) is 10.4. The molecule has 0 aliphatic carbocycles. The molecule has 0 spiro atoms. The lowest BCUT2D eigenvalue weighted by Crippen LogP contribution is -2.33. The van der Waals surface area contributed by atoms with Crippen molar-refractivity contribution in [2.75, 3.05) is 20.8 Å². The fraction of sp³-hybridized carbons (Fsp3) is 0.261. The van der Waals surface area contributed by atoms with Crippen LogP contribution in [0.1, 0.15) is 29.8 Å². The number of hydrogen-bond acceptors (Lipinski definition) is 7. The maximum Gasteiger partial charge on any atom is 0.293 e. The second-order valence-corrected chi connectivity index (χ2v) is 7.99. The second-order valence-electron chi connectivity index (χ2n) is 7.00. The Bertz CT molecular complexity index is 1030. The molecule has 3 rings (SSSR count). The largest absolute Gasteiger partial charge is 0.497 e. The average molecular weight is 442 g/mol. The van der Waals surface area contributed by atoms with E-state index < -0.39 is 11.1 Å². The first-order chi connectivity index (χ1) is 14.8. The number of amides is 2. The van der Waals surface area contributed by atoms with Crippen LogP contribution in [0.4, 0.5) is 4.79 Å². The molecule has 0 unspecified atom stereocenters. The van der Waals surface area contributed by atoms with Crippen molar-refractivity contribution in [3.8, 4) is 17.2 Å². The zero-order chi connectivity index (χ0) is 22.5. The summed E-state index contributed by atoms with van der Waals surface area (Å²) in [7, 11) is 3.06. The van der Waals surface area contributed by atoms with Crippen molar-refractivity contribution >= 4 is 34.8 Å². The van der Waals surface area contributed by atoms with Gasteiger partial charge in [0, 0.05) is 5.56 Å². The van der Waals surface area contributed by atoms with Crippen molar-refractivity contribution in [2.24, 2.45) is 0 Å². The summed E-state index contributed by atoms with van der Waals surface area (Å²) in [5.74, 6) is 0.900. The van der Waals surface area contributed by atoms with Gasteiger partial charge in [-0.2, -0.15) is 0 Å².